The average Bonchev–Trinajstić information content (AvgIpc) is 2.71. The Bertz CT molecular complexity index is 268. The molecule has 3 rings (SSSR count). The van der Waals surface area contributed by atoms with Gasteiger partial charge in [0.05, 0.1) is 13.2 Å². The van der Waals surface area contributed by atoms with Crippen molar-refractivity contribution < 1.29 is 14.4 Å². The van der Waals surface area contributed by atoms with Crippen LogP contribution in [0.15, 0.2) is 0 Å². The normalized spacial score (nSPS) is 47.2. The van der Waals surface area contributed by atoms with Gasteiger partial charge in [0, 0.05) is 12.5 Å². The molecule has 0 aromatic carbocycles. The van der Waals surface area contributed by atoms with Crippen molar-refractivity contribution >= 4 is 5.97 Å². The molecule has 0 aromatic heterocycles. The van der Waals surface area contributed by atoms with E-state index in [2.05, 4.69) is 0 Å². The van der Waals surface area contributed by atoms with Crippen LogP contribution in [0.1, 0.15) is 25.7 Å². The molecule has 3 aliphatic rings. The predicted molar refractivity (Wildman–Crippen MR) is 43.7 cm³/mol. The second-order valence-electron chi connectivity index (χ2n) is 4.21. The number of ether oxygens (including phenoxy) is 1. The minimum Gasteiger partial charge on any atom is -0.468 e. The first-order valence-corrected chi connectivity index (χ1v) is 4.81. The maximum absolute atomic E-state index is 11.6. The van der Waals surface area contributed by atoms with E-state index in [1.807, 2.05) is 5.06 Å². The summed E-state index contributed by atoms with van der Waals surface area (Å²) in [7, 11) is 1.46. The fourth-order valence-corrected chi connectivity index (χ4v) is 3.04. The molecule has 3 fully saturated rings. The molecule has 4 heteroatoms. The van der Waals surface area contributed by atoms with Crippen molar-refractivity contribution in [2.45, 2.75) is 43.4 Å². The van der Waals surface area contributed by atoms with Crippen LogP contribution in [-0.2, 0) is 14.4 Å². The highest BCUT2D eigenvalue weighted by Gasteiger charge is 2.64. The van der Waals surface area contributed by atoms with E-state index in [0.29, 0.717) is 6.04 Å². The van der Waals surface area contributed by atoms with Gasteiger partial charge in [-0.25, -0.2) is 4.79 Å². The number of hydrogen-bond donors (Lipinski definition) is 0. The molecule has 13 heavy (non-hydrogen) atoms. The Balaban J connectivity index is 1.97. The first-order valence-electron chi connectivity index (χ1n) is 4.81. The number of carbonyl (C=O) groups excluding carboxylic acids is 1. The Kier molecular flexibility index (Phi) is 1.34. The van der Waals surface area contributed by atoms with Gasteiger partial charge in [0.25, 0.3) is 0 Å². The van der Waals surface area contributed by atoms with Gasteiger partial charge in [0.15, 0.2) is 0 Å². The van der Waals surface area contributed by atoms with Crippen molar-refractivity contribution in [2.24, 2.45) is 0 Å². The van der Waals surface area contributed by atoms with E-state index >= 15 is 0 Å². The van der Waals surface area contributed by atoms with Crippen LogP contribution in [0.25, 0.3) is 0 Å². The van der Waals surface area contributed by atoms with Crippen LogP contribution >= 0.6 is 0 Å². The van der Waals surface area contributed by atoms with Gasteiger partial charge in [-0.15, -0.1) is 0 Å². The van der Waals surface area contributed by atoms with Crippen LogP contribution in [0.3, 0.4) is 0 Å². The van der Waals surface area contributed by atoms with E-state index in [9.17, 15) is 4.79 Å². The molecular formula is C9H13NO3. The summed E-state index contributed by atoms with van der Waals surface area (Å²) in [5, 5.41) is 1.91. The van der Waals surface area contributed by atoms with Crippen molar-refractivity contribution in [3.8, 4) is 0 Å². The van der Waals surface area contributed by atoms with Crippen LogP contribution < -0.4 is 0 Å². The number of piperidine rings is 1. The molecule has 72 valence electrons. The molecule has 3 aliphatic heterocycles. The summed E-state index contributed by atoms with van der Waals surface area (Å²) in [4.78, 5) is 17.3. The number of hydrogen-bond acceptors (Lipinski definition) is 4. The fraction of sp³-hybridized carbons (Fsp3) is 0.889. The number of carbonyl (C=O) groups is 1. The summed E-state index contributed by atoms with van der Waals surface area (Å²) in [5.74, 6) is -0.114. The molecule has 0 spiro atoms. The highest BCUT2D eigenvalue weighted by molar-refractivity contribution is 5.81. The van der Waals surface area contributed by atoms with E-state index < -0.39 is 5.54 Å². The molecule has 2 bridgehead atoms. The van der Waals surface area contributed by atoms with Gasteiger partial charge in [-0.05, 0) is 19.3 Å². The molecular weight excluding hydrogens is 170 g/mol. The first-order chi connectivity index (χ1) is 6.26. The van der Waals surface area contributed by atoms with E-state index in [-0.39, 0.29) is 12.1 Å². The summed E-state index contributed by atoms with van der Waals surface area (Å²) in [6.07, 6.45) is 4.17. The molecule has 0 radical (unpaired) electrons. The van der Waals surface area contributed by atoms with Crippen molar-refractivity contribution in [2.75, 3.05) is 7.11 Å². The smallest absolute Gasteiger partial charge is 0.328 e. The maximum atomic E-state index is 11.6. The van der Waals surface area contributed by atoms with Gasteiger partial charge in [0.2, 0.25) is 0 Å². The lowest BCUT2D eigenvalue weighted by atomic mass is 9.90. The zero-order valence-corrected chi connectivity index (χ0v) is 7.66. The van der Waals surface area contributed by atoms with Crippen molar-refractivity contribution in [1.29, 1.82) is 0 Å². The summed E-state index contributed by atoms with van der Waals surface area (Å²) >= 11 is 0. The highest BCUT2D eigenvalue weighted by atomic mass is 16.7. The summed E-state index contributed by atoms with van der Waals surface area (Å²) in [6.45, 7) is 0. The summed E-state index contributed by atoms with van der Waals surface area (Å²) in [5.41, 5.74) is -0.414. The number of esters is 1. The molecule has 0 aromatic rings. The molecule has 0 amide bonds. The lowest BCUT2D eigenvalue weighted by molar-refractivity contribution is -0.179. The minimum atomic E-state index is -0.414. The third kappa shape index (κ3) is 0.758. The van der Waals surface area contributed by atoms with Crippen LogP contribution in [0.4, 0.5) is 0 Å². The number of nitrogens with zero attached hydrogens (tertiary/aromatic N) is 1. The molecule has 4 nitrogen and oxygen atoms in total. The van der Waals surface area contributed by atoms with Gasteiger partial charge in [-0.2, -0.15) is 5.06 Å². The Morgan fingerprint density at radius 2 is 2.54 bits per heavy atom. The van der Waals surface area contributed by atoms with E-state index in [4.69, 9.17) is 9.57 Å². The first kappa shape index (κ1) is 7.76. The Morgan fingerprint density at radius 1 is 1.69 bits per heavy atom. The van der Waals surface area contributed by atoms with Crippen LogP contribution in [0.2, 0.25) is 0 Å². The molecule has 3 atom stereocenters. The maximum Gasteiger partial charge on any atom is 0.328 e. The van der Waals surface area contributed by atoms with Gasteiger partial charge < -0.3 is 4.74 Å². The van der Waals surface area contributed by atoms with Crippen LogP contribution in [0.5, 0.6) is 0 Å². The molecule has 0 aliphatic carbocycles. The van der Waals surface area contributed by atoms with Crippen LogP contribution in [-0.4, -0.2) is 35.8 Å². The van der Waals surface area contributed by atoms with Gasteiger partial charge in [-0.1, -0.05) is 0 Å². The number of rotatable bonds is 1. The van der Waals surface area contributed by atoms with Crippen molar-refractivity contribution in [1.82, 2.24) is 5.06 Å². The number of methoxy groups -OCH3 is 1. The molecule has 3 saturated heterocycles. The predicted octanol–water partition coefficient (Wildman–Crippen LogP) is 0.470. The lowest BCUT2D eigenvalue weighted by Gasteiger charge is -2.29. The lowest BCUT2D eigenvalue weighted by Crippen LogP contribution is -2.49. The fourth-order valence-electron chi connectivity index (χ4n) is 3.04. The van der Waals surface area contributed by atoms with E-state index in [1.54, 1.807) is 0 Å². The number of hydroxylamine groups is 2. The molecule has 3 heterocycles. The van der Waals surface area contributed by atoms with Crippen LogP contribution in [0, 0.1) is 0 Å². The second kappa shape index (κ2) is 2.25. The third-order valence-corrected chi connectivity index (χ3v) is 3.57. The monoisotopic (exact) mass is 183 g/mol. The van der Waals surface area contributed by atoms with Gasteiger partial charge in [0.1, 0.15) is 5.54 Å². The largest absolute Gasteiger partial charge is 0.468 e. The van der Waals surface area contributed by atoms with E-state index in [0.717, 1.165) is 25.7 Å². The summed E-state index contributed by atoms with van der Waals surface area (Å²) < 4.78 is 4.85. The van der Waals surface area contributed by atoms with E-state index in [1.165, 1.54) is 7.11 Å². The SMILES string of the molecule is COC(=O)[C@]12CC[C@@H]3C[C@H](C1)ON32. The zero-order valence-electron chi connectivity index (χ0n) is 7.66. The highest BCUT2D eigenvalue weighted by Crippen LogP contribution is 2.52. The Hall–Kier alpha value is -0.610. The quantitative estimate of drug-likeness (QED) is 0.554. The second-order valence-corrected chi connectivity index (χ2v) is 4.21. The minimum absolute atomic E-state index is 0.114. The molecule has 0 N–H and O–H groups in total. The standard InChI is InChI=1S/C9H13NO3/c1-12-8(11)9-3-2-6-4-7(5-9)13-10(6)9/h6-7H,2-5H2,1H3/t6-,7-,9+/m1/s1. The van der Waals surface area contributed by atoms with Gasteiger partial charge in [-0.3, -0.25) is 4.84 Å². The summed E-state index contributed by atoms with van der Waals surface area (Å²) in [6, 6.07) is 0.470. The third-order valence-electron chi connectivity index (χ3n) is 3.57. The zero-order chi connectivity index (χ0) is 9.05. The van der Waals surface area contributed by atoms with Crippen molar-refractivity contribution in [3.63, 3.8) is 0 Å². The Labute approximate surface area is 76.7 Å². The van der Waals surface area contributed by atoms with Gasteiger partial charge >= 0.3 is 5.97 Å². The average molecular weight is 183 g/mol. The molecule has 0 saturated carbocycles. The number of fused-ring (bicyclic) bond motifs is 1. The van der Waals surface area contributed by atoms with Crippen molar-refractivity contribution in [3.05, 3.63) is 0 Å². The topological polar surface area (TPSA) is 38.8 Å². The Morgan fingerprint density at radius 3 is 3.23 bits per heavy atom. The molecule has 0 unspecified atom stereocenters.